The lowest BCUT2D eigenvalue weighted by Crippen LogP contribution is -2.39. The predicted molar refractivity (Wildman–Crippen MR) is 128 cm³/mol. The number of thiocarbonyl (C=S) groups is 1. The summed E-state index contributed by atoms with van der Waals surface area (Å²) in [4.78, 5) is 13.7. The molecular weight excluding hydrogens is 388 g/mol. The molecule has 0 radical (unpaired) electrons. The van der Waals surface area contributed by atoms with Crippen molar-refractivity contribution in [3.63, 3.8) is 0 Å². The molecule has 0 heterocycles. The molecule has 2 aromatic carbocycles. The first-order chi connectivity index (χ1) is 14.2. The quantitative estimate of drug-likeness (QED) is 0.649. The monoisotopic (exact) mass is 418 g/mol. The van der Waals surface area contributed by atoms with Crippen LogP contribution in [-0.2, 0) is 17.6 Å². The molecule has 0 fully saturated rings. The standard InChI is InChI=1S/C26H30N2OS/c1-16-9-17(2)11-20(10-16)28-25(30)24-22(14-26(3,4)15-23(24)29)27-21-12-18-7-5-6-8-19(18)13-21/h5-11,21,27H,12-15H2,1-4H3,(H,28,30). The number of hydrogen-bond acceptors (Lipinski definition) is 3. The Hall–Kier alpha value is -2.46. The van der Waals surface area contributed by atoms with Crippen molar-refractivity contribution in [2.24, 2.45) is 5.41 Å². The van der Waals surface area contributed by atoms with E-state index in [4.69, 9.17) is 12.2 Å². The number of carbonyl (C=O) groups excluding carboxylic acids is 1. The average molecular weight is 419 g/mol. The van der Waals surface area contributed by atoms with Gasteiger partial charge in [-0.05, 0) is 72.9 Å². The molecule has 0 unspecified atom stereocenters. The first kappa shape index (κ1) is 20.8. The lowest BCUT2D eigenvalue weighted by Gasteiger charge is -2.34. The summed E-state index contributed by atoms with van der Waals surface area (Å²) in [6.07, 6.45) is 3.32. The van der Waals surface area contributed by atoms with Gasteiger partial charge >= 0.3 is 0 Å². The minimum absolute atomic E-state index is 0.0656. The van der Waals surface area contributed by atoms with Crippen LogP contribution in [0.4, 0.5) is 5.69 Å². The Morgan fingerprint density at radius 2 is 1.60 bits per heavy atom. The van der Waals surface area contributed by atoms with Gasteiger partial charge in [-0.2, -0.15) is 0 Å². The highest BCUT2D eigenvalue weighted by molar-refractivity contribution is 7.81. The number of carbonyl (C=O) groups is 1. The fourth-order valence-electron chi connectivity index (χ4n) is 4.86. The van der Waals surface area contributed by atoms with Crippen LogP contribution < -0.4 is 10.6 Å². The number of Topliss-reactive ketones (excluding diaryl/α,β-unsaturated/α-hetero) is 1. The highest BCUT2D eigenvalue weighted by atomic mass is 32.1. The van der Waals surface area contributed by atoms with Crippen molar-refractivity contribution in [1.82, 2.24) is 5.32 Å². The van der Waals surface area contributed by atoms with E-state index >= 15 is 0 Å². The number of ketones is 1. The topological polar surface area (TPSA) is 41.1 Å². The van der Waals surface area contributed by atoms with Crippen LogP contribution in [0.15, 0.2) is 53.7 Å². The maximum atomic E-state index is 13.2. The number of hydrogen-bond donors (Lipinski definition) is 2. The number of aryl methyl sites for hydroxylation is 2. The lowest BCUT2D eigenvalue weighted by atomic mass is 9.75. The molecule has 0 saturated carbocycles. The van der Waals surface area contributed by atoms with Gasteiger partial charge in [0.1, 0.15) is 4.99 Å². The van der Waals surface area contributed by atoms with Crippen molar-refractivity contribution in [3.05, 3.63) is 76.0 Å². The SMILES string of the molecule is Cc1cc(C)cc(NC(=S)C2=C(NC3Cc4ccccc4C3)CC(C)(C)CC2=O)c1. The summed E-state index contributed by atoms with van der Waals surface area (Å²) in [7, 11) is 0. The zero-order valence-electron chi connectivity index (χ0n) is 18.3. The number of rotatable bonds is 4. The van der Waals surface area contributed by atoms with Crippen molar-refractivity contribution in [1.29, 1.82) is 0 Å². The van der Waals surface area contributed by atoms with Crippen molar-refractivity contribution in [2.45, 2.75) is 59.4 Å². The molecule has 30 heavy (non-hydrogen) atoms. The fourth-order valence-corrected chi connectivity index (χ4v) is 5.21. The number of anilines is 1. The second-order valence-corrected chi connectivity index (χ2v) is 10.1. The van der Waals surface area contributed by atoms with Crippen molar-refractivity contribution in [2.75, 3.05) is 5.32 Å². The fraction of sp³-hybridized carbons (Fsp3) is 0.385. The van der Waals surface area contributed by atoms with Crippen molar-refractivity contribution >= 4 is 28.7 Å². The van der Waals surface area contributed by atoms with Crippen LogP contribution in [0.2, 0.25) is 0 Å². The van der Waals surface area contributed by atoms with Gasteiger partial charge in [-0.25, -0.2) is 0 Å². The van der Waals surface area contributed by atoms with E-state index in [0.717, 1.165) is 30.6 Å². The molecular formula is C26H30N2OS. The molecule has 3 nitrogen and oxygen atoms in total. The molecule has 0 saturated heterocycles. The second-order valence-electron chi connectivity index (χ2n) is 9.64. The van der Waals surface area contributed by atoms with Gasteiger partial charge in [-0.1, -0.05) is 56.4 Å². The Balaban J connectivity index is 1.61. The van der Waals surface area contributed by atoms with Crippen LogP contribution in [0.3, 0.4) is 0 Å². The normalized spacial score (nSPS) is 18.3. The molecule has 4 rings (SSSR count). The molecule has 2 aliphatic rings. The van der Waals surface area contributed by atoms with Gasteiger partial charge < -0.3 is 10.6 Å². The molecule has 0 atom stereocenters. The van der Waals surface area contributed by atoms with E-state index in [1.807, 2.05) is 0 Å². The van der Waals surface area contributed by atoms with E-state index in [9.17, 15) is 4.79 Å². The van der Waals surface area contributed by atoms with Crippen LogP contribution in [-0.4, -0.2) is 16.8 Å². The van der Waals surface area contributed by atoms with Crippen LogP contribution in [0.5, 0.6) is 0 Å². The largest absolute Gasteiger partial charge is 0.384 e. The molecule has 2 N–H and O–H groups in total. The maximum Gasteiger partial charge on any atom is 0.168 e. The van der Waals surface area contributed by atoms with Gasteiger partial charge in [0.05, 0.1) is 5.57 Å². The molecule has 156 valence electrons. The first-order valence-corrected chi connectivity index (χ1v) is 11.1. The van der Waals surface area contributed by atoms with E-state index in [-0.39, 0.29) is 11.2 Å². The first-order valence-electron chi connectivity index (χ1n) is 10.7. The summed E-state index contributed by atoms with van der Waals surface area (Å²) in [5, 5.41) is 7.06. The highest BCUT2D eigenvalue weighted by Gasteiger charge is 2.36. The molecule has 0 spiro atoms. The number of fused-ring (bicyclic) bond motifs is 1. The summed E-state index contributed by atoms with van der Waals surface area (Å²) in [5.41, 5.74) is 7.68. The van der Waals surface area contributed by atoms with Crippen LogP contribution >= 0.6 is 12.2 Å². The zero-order valence-corrected chi connectivity index (χ0v) is 19.1. The third kappa shape index (κ3) is 4.49. The minimum Gasteiger partial charge on any atom is -0.384 e. The second kappa shape index (κ2) is 7.99. The van der Waals surface area contributed by atoms with E-state index in [1.165, 1.54) is 22.3 Å². The summed E-state index contributed by atoms with van der Waals surface area (Å²) in [5.74, 6) is 0.131. The number of benzene rings is 2. The van der Waals surface area contributed by atoms with Gasteiger partial charge in [0.15, 0.2) is 5.78 Å². The third-order valence-electron chi connectivity index (χ3n) is 6.01. The Morgan fingerprint density at radius 1 is 1.00 bits per heavy atom. The predicted octanol–water partition coefficient (Wildman–Crippen LogP) is 5.44. The molecule has 4 heteroatoms. The summed E-state index contributed by atoms with van der Waals surface area (Å²) < 4.78 is 0. The van der Waals surface area contributed by atoms with Gasteiger partial charge in [-0.3, -0.25) is 4.79 Å². The van der Waals surface area contributed by atoms with Crippen LogP contribution in [0, 0.1) is 19.3 Å². The molecule has 0 aliphatic heterocycles. The number of nitrogens with one attached hydrogen (secondary N) is 2. The summed E-state index contributed by atoms with van der Waals surface area (Å²) in [6.45, 7) is 8.46. The minimum atomic E-state index is -0.0656. The Bertz CT molecular complexity index is 1010. The lowest BCUT2D eigenvalue weighted by molar-refractivity contribution is -0.117. The van der Waals surface area contributed by atoms with Crippen molar-refractivity contribution < 1.29 is 4.79 Å². The molecule has 2 aliphatic carbocycles. The van der Waals surface area contributed by atoms with E-state index < -0.39 is 0 Å². The van der Waals surface area contributed by atoms with Crippen molar-refractivity contribution in [3.8, 4) is 0 Å². The van der Waals surface area contributed by atoms with Gasteiger partial charge in [0.25, 0.3) is 0 Å². The van der Waals surface area contributed by atoms with E-state index in [2.05, 4.69) is 80.8 Å². The Kier molecular flexibility index (Phi) is 5.54. The smallest absolute Gasteiger partial charge is 0.168 e. The average Bonchev–Trinajstić information content (AvgIpc) is 3.01. The molecule has 0 amide bonds. The van der Waals surface area contributed by atoms with Crippen LogP contribution in [0.25, 0.3) is 0 Å². The van der Waals surface area contributed by atoms with Gasteiger partial charge in [-0.15, -0.1) is 0 Å². The Labute approximate surface area is 185 Å². The van der Waals surface area contributed by atoms with E-state index in [0.29, 0.717) is 23.0 Å². The molecule has 0 bridgehead atoms. The van der Waals surface area contributed by atoms with Gasteiger partial charge in [0, 0.05) is 23.8 Å². The van der Waals surface area contributed by atoms with Gasteiger partial charge in [0.2, 0.25) is 0 Å². The Morgan fingerprint density at radius 3 is 2.20 bits per heavy atom. The maximum absolute atomic E-state index is 13.2. The molecule has 2 aromatic rings. The summed E-state index contributed by atoms with van der Waals surface area (Å²) in [6, 6.07) is 15.2. The van der Waals surface area contributed by atoms with E-state index in [1.54, 1.807) is 0 Å². The zero-order chi connectivity index (χ0) is 21.5. The number of allylic oxidation sites excluding steroid dienone is 1. The molecule has 0 aromatic heterocycles. The summed E-state index contributed by atoms with van der Waals surface area (Å²) >= 11 is 5.75. The highest BCUT2D eigenvalue weighted by Crippen LogP contribution is 2.37. The van der Waals surface area contributed by atoms with Crippen LogP contribution in [0.1, 0.15) is 48.9 Å². The third-order valence-corrected chi connectivity index (χ3v) is 6.32.